The number of imidazole rings is 1. The first-order chi connectivity index (χ1) is 13.7. The zero-order valence-corrected chi connectivity index (χ0v) is 16.1. The number of H-pyrrole nitrogens is 1. The molecule has 3 heterocycles. The lowest BCUT2D eigenvalue weighted by molar-refractivity contribution is -0.000864. The Kier molecular flexibility index (Phi) is 4.69. The molecule has 0 unspecified atom stereocenters. The average molecular weight is 380 g/mol. The van der Waals surface area contributed by atoms with Gasteiger partial charge >= 0.3 is 0 Å². The minimum Gasteiger partial charge on any atom is -0.391 e. The number of amides is 1. The Labute approximate surface area is 165 Å². The molecule has 1 saturated carbocycles. The molecule has 0 radical (unpaired) electrons. The molecule has 2 saturated heterocycles. The van der Waals surface area contributed by atoms with Crippen LogP contribution in [0.5, 0.6) is 0 Å². The topological polar surface area (TPSA) is 72.5 Å². The van der Waals surface area contributed by atoms with Gasteiger partial charge in [-0.25, -0.2) is 4.98 Å². The van der Waals surface area contributed by atoms with Crippen LogP contribution < -0.4 is 0 Å². The highest BCUT2D eigenvalue weighted by Crippen LogP contribution is 2.39. The van der Waals surface area contributed by atoms with Crippen molar-refractivity contribution in [2.75, 3.05) is 26.2 Å². The molecule has 2 aromatic rings. The standard InChI is InChI=1S/C22H28N4O2/c27-20-12-16-14-26(13-15(16)11-19(20)25-9-3-4-10-25)22(28)18-6-2-1-5-17(18)21-23-7-8-24-21/h1-2,5-8,15-16,19-20,27H,3-4,9-14H2,(H,23,24)/t15-,16+,19-,20-/m1/s1. The van der Waals surface area contributed by atoms with Gasteiger partial charge in [-0.3, -0.25) is 9.69 Å². The molecular weight excluding hydrogens is 352 g/mol. The molecule has 1 amide bonds. The molecule has 4 atom stereocenters. The van der Waals surface area contributed by atoms with Crippen LogP contribution in [0.4, 0.5) is 0 Å². The Morgan fingerprint density at radius 1 is 1.11 bits per heavy atom. The van der Waals surface area contributed by atoms with E-state index < -0.39 is 0 Å². The summed E-state index contributed by atoms with van der Waals surface area (Å²) in [6, 6.07) is 7.96. The number of likely N-dealkylation sites (tertiary alicyclic amines) is 2. The van der Waals surface area contributed by atoms with Crippen molar-refractivity contribution in [3.05, 3.63) is 42.2 Å². The molecule has 148 valence electrons. The molecule has 0 bridgehead atoms. The van der Waals surface area contributed by atoms with Gasteiger partial charge in [0.2, 0.25) is 0 Å². The Morgan fingerprint density at radius 2 is 1.86 bits per heavy atom. The van der Waals surface area contributed by atoms with Gasteiger partial charge in [0.15, 0.2) is 0 Å². The van der Waals surface area contributed by atoms with E-state index in [9.17, 15) is 9.90 Å². The van der Waals surface area contributed by atoms with Gasteiger partial charge in [0.05, 0.1) is 11.7 Å². The number of nitrogens with zero attached hydrogens (tertiary/aromatic N) is 3. The smallest absolute Gasteiger partial charge is 0.254 e. The van der Waals surface area contributed by atoms with Crippen molar-refractivity contribution in [2.24, 2.45) is 11.8 Å². The maximum Gasteiger partial charge on any atom is 0.254 e. The molecule has 3 aliphatic rings. The van der Waals surface area contributed by atoms with E-state index in [0.717, 1.165) is 50.4 Å². The lowest BCUT2D eigenvalue weighted by Crippen LogP contribution is -2.48. The van der Waals surface area contributed by atoms with Gasteiger partial charge in [-0.2, -0.15) is 0 Å². The van der Waals surface area contributed by atoms with Gasteiger partial charge in [0, 0.05) is 37.1 Å². The van der Waals surface area contributed by atoms with Crippen LogP contribution in [-0.2, 0) is 0 Å². The van der Waals surface area contributed by atoms with Crippen molar-refractivity contribution >= 4 is 5.91 Å². The summed E-state index contributed by atoms with van der Waals surface area (Å²) in [5.74, 6) is 1.71. The quantitative estimate of drug-likeness (QED) is 0.858. The van der Waals surface area contributed by atoms with Crippen LogP contribution in [0.25, 0.3) is 11.4 Å². The summed E-state index contributed by atoms with van der Waals surface area (Å²) < 4.78 is 0. The zero-order chi connectivity index (χ0) is 19.1. The fraction of sp³-hybridized carbons (Fsp3) is 0.545. The third-order valence-corrected chi connectivity index (χ3v) is 6.92. The number of aliphatic hydroxyl groups is 1. The highest BCUT2D eigenvalue weighted by atomic mass is 16.3. The second-order valence-corrected chi connectivity index (χ2v) is 8.56. The van der Waals surface area contributed by atoms with Crippen LogP contribution in [0.1, 0.15) is 36.0 Å². The third kappa shape index (κ3) is 3.14. The van der Waals surface area contributed by atoms with Gasteiger partial charge < -0.3 is 15.0 Å². The van der Waals surface area contributed by atoms with E-state index >= 15 is 0 Å². The summed E-state index contributed by atoms with van der Waals surface area (Å²) in [5.41, 5.74) is 1.55. The summed E-state index contributed by atoms with van der Waals surface area (Å²) >= 11 is 0. The Balaban J connectivity index is 1.33. The monoisotopic (exact) mass is 380 g/mol. The van der Waals surface area contributed by atoms with E-state index in [-0.39, 0.29) is 18.1 Å². The van der Waals surface area contributed by atoms with Crippen LogP contribution >= 0.6 is 0 Å². The molecule has 6 heteroatoms. The summed E-state index contributed by atoms with van der Waals surface area (Å²) in [7, 11) is 0. The van der Waals surface area contributed by atoms with Crippen LogP contribution in [0.2, 0.25) is 0 Å². The van der Waals surface area contributed by atoms with E-state index in [0.29, 0.717) is 17.4 Å². The van der Waals surface area contributed by atoms with Crippen molar-refractivity contribution in [2.45, 2.75) is 37.8 Å². The van der Waals surface area contributed by atoms with Crippen molar-refractivity contribution < 1.29 is 9.90 Å². The number of aromatic amines is 1. The molecule has 1 aromatic carbocycles. The van der Waals surface area contributed by atoms with E-state index in [1.165, 1.54) is 12.8 Å². The fourth-order valence-electron chi connectivity index (χ4n) is 5.50. The number of fused-ring (bicyclic) bond motifs is 1. The van der Waals surface area contributed by atoms with Gasteiger partial charge in [-0.05, 0) is 56.7 Å². The van der Waals surface area contributed by atoms with E-state index in [1.807, 2.05) is 29.2 Å². The van der Waals surface area contributed by atoms with Crippen molar-refractivity contribution in [3.63, 3.8) is 0 Å². The normalized spacial score (nSPS) is 30.5. The summed E-state index contributed by atoms with van der Waals surface area (Å²) in [4.78, 5) is 25.2. The van der Waals surface area contributed by atoms with E-state index in [1.54, 1.807) is 12.4 Å². The number of hydrogen-bond acceptors (Lipinski definition) is 4. The Morgan fingerprint density at radius 3 is 2.61 bits per heavy atom. The third-order valence-electron chi connectivity index (χ3n) is 6.92. The molecular formula is C22H28N4O2. The first-order valence-electron chi connectivity index (χ1n) is 10.5. The summed E-state index contributed by atoms with van der Waals surface area (Å²) in [6.07, 6.45) is 7.54. The van der Waals surface area contributed by atoms with Gasteiger partial charge in [0.25, 0.3) is 5.91 Å². The largest absolute Gasteiger partial charge is 0.391 e. The number of aliphatic hydroxyl groups excluding tert-OH is 1. The zero-order valence-electron chi connectivity index (χ0n) is 16.1. The first-order valence-corrected chi connectivity index (χ1v) is 10.5. The van der Waals surface area contributed by atoms with Crippen LogP contribution in [0.15, 0.2) is 36.7 Å². The predicted molar refractivity (Wildman–Crippen MR) is 107 cm³/mol. The number of aromatic nitrogens is 2. The number of rotatable bonds is 3. The minimum absolute atomic E-state index is 0.0774. The number of nitrogens with one attached hydrogen (secondary N) is 1. The van der Waals surface area contributed by atoms with Crippen LogP contribution in [0, 0.1) is 11.8 Å². The maximum atomic E-state index is 13.3. The Bertz CT molecular complexity index is 831. The maximum absolute atomic E-state index is 13.3. The Hall–Kier alpha value is -2.18. The van der Waals surface area contributed by atoms with E-state index in [4.69, 9.17) is 0 Å². The minimum atomic E-state index is -0.259. The van der Waals surface area contributed by atoms with Crippen molar-refractivity contribution in [1.82, 2.24) is 19.8 Å². The molecule has 1 aliphatic carbocycles. The van der Waals surface area contributed by atoms with Gasteiger partial charge in [-0.15, -0.1) is 0 Å². The molecule has 5 rings (SSSR count). The average Bonchev–Trinajstić information content (AvgIpc) is 3.47. The second-order valence-electron chi connectivity index (χ2n) is 8.56. The van der Waals surface area contributed by atoms with Crippen LogP contribution in [0.3, 0.4) is 0 Å². The van der Waals surface area contributed by atoms with Crippen molar-refractivity contribution in [3.8, 4) is 11.4 Å². The van der Waals surface area contributed by atoms with Crippen molar-refractivity contribution in [1.29, 1.82) is 0 Å². The molecule has 28 heavy (non-hydrogen) atoms. The lowest BCUT2D eigenvalue weighted by Gasteiger charge is -2.40. The molecule has 6 nitrogen and oxygen atoms in total. The number of carbonyl (C=O) groups excluding carboxylic acids is 1. The highest BCUT2D eigenvalue weighted by molar-refractivity contribution is 6.00. The summed E-state index contributed by atoms with van der Waals surface area (Å²) in [6.45, 7) is 3.77. The predicted octanol–water partition coefficient (Wildman–Crippen LogP) is 2.38. The highest BCUT2D eigenvalue weighted by Gasteiger charge is 2.45. The fourth-order valence-corrected chi connectivity index (χ4v) is 5.50. The first kappa shape index (κ1) is 17.9. The molecule has 0 spiro atoms. The van der Waals surface area contributed by atoms with E-state index in [2.05, 4.69) is 14.9 Å². The molecule has 2 aliphatic heterocycles. The van der Waals surface area contributed by atoms with Gasteiger partial charge in [0.1, 0.15) is 5.82 Å². The molecule has 2 N–H and O–H groups in total. The SMILES string of the molecule is O=C(c1ccccc1-c1ncc[nH]1)N1C[C@H]2C[C@@H](N3CCCC3)[C@H](O)C[C@H]2C1. The number of hydrogen-bond donors (Lipinski definition) is 2. The number of benzene rings is 1. The number of carbonyl (C=O) groups is 1. The second kappa shape index (κ2) is 7.33. The summed E-state index contributed by atoms with van der Waals surface area (Å²) in [5, 5.41) is 10.7. The van der Waals surface area contributed by atoms with Crippen LogP contribution in [-0.4, -0.2) is 69.1 Å². The molecule has 1 aromatic heterocycles. The van der Waals surface area contributed by atoms with Gasteiger partial charge in [-0.1, -0.05) is 18.2 Å². The lowest BCUT2D eigenvalue weighted by atomic mass is 9.77. The molecule has 3 fully saturated rings.